The minimum atomic E-state index is -3.77. The predicted octanol–water partition coefficient (Wildman–Crippen LogP) is 0.913. The second kappa shape index (κ2) is 6.57. The van der Waals surface area contributed by atoms with E-state index in [2.05, 4.69) is 4.72 Å². The number of hydrogen-bond acceptors (Lipinski definition) is 4. The van der Waals surface area contributed by atoms with Crippen LogP contribution >= 0.6 is 0 Å². The van der Waals surface area contributed by atoms with Crippen LogP contribution in [0.4, 0.5) is 5.69 Å². The molecule has 1 amide bonds. The van der Waals surface area contributed by atoms with Gasteiger partial charge in [0.15, 0.2) is 0 Å². The lowest BCUT2D eigenvalue weighted by Crippen LogP contribution is -2.23. The number of amides is 1. The number of aryl methyl sites for hydroxylation is 1. The van der Waals surface area contributed by atoms with E-state index in [0.717, 1.165) is 0 Å². The number of carbonyl (C=O) groups is 2. The lowest BCUT2D eigenvalue weighted by molar-refractivity contribution is -0.136. The zero-order valence-electron chi connectivity index (χ0n) is 12.1. The average molecular weight is 314 g/mol. The summed E-state index contributed by atoms with van der Waals surface area (Å²) in [5, 5.41) is 8.53. The minimum Gasteiger partial charge on any atom is -0.481 e. The van der Waals surface area contributed by atoms with Crippen LogP contribution in [0.15, 0.2) is 18.2 Å². The Labute approximate surface area is 123 Å². The number of carboxylic acid groups (broad SMARTS) is 1. The Balaban J connectivity index is 3.00. The van der Waals surface area contributed by atoms with Crippen LogP contribution in [0.5, 0.6) is 0 Å². The number of nitrogens with zero attached hydrogens (tertiary/aromatic N) is 1. The molecule has 1 aromatic carbocycles. The summed E-state index contributed by atoms with van der Waals surface area (Å²) in [6.07, 6.45) is -0.481. The van der Waals surface area contributed by atoms with Crippen molar-refractivity contribution in [1.29, 1.82) is 0 Å². The van der Waals surface area contributed by atoms with Crippen molar-refractivity contribution in [3.63, 3.8) is 0 Å². The largest absolute Gasteiger partial charge is 0.481 e. The van der Waals surface area contributed by atoms with Crippen molar-refractivity contribution in [2.24, 2.45) is 0 Å². The molecule has 0 saturated heterocycles. The lowest BCUT2D eigenvalue weighted by Gasteiger charge is -2.14. The van der Waals surface area contributed by atoms with E-state index in [9.17, 15) is 18.0 Å². The van der Waals surface area contributed by atoms with Gasteiger partial charge in [0.25, 0.3) is 5.91 Å². The quantitative estimate of drug-likeness (QED) is 0.812. The molecular weight excluding hydrogens is 296 g/mol. The van der Waals surface area contributed by atoms with Gasteiger partial charge in [-0.25, -0.2) is 8.42 Å². The normalized spacial score (nSPS) is 11.0. The van der Waals surface area contributed by atoms with Gasteiger partial charge in [-0.2, -0.15) is 0 Å². The number of aliphatic carboxylic acids is 1. The summed E-state index contributed by atoms with van der Waals surface area (Å²) >= 11 is 0. The predicted molar refractivity (Wildman–Crippen MR) is 78.9 cm³/mol. The van der Waals surface area contributed by atoms with E-state index in [1.54, 1.807) is 33.2 Å². The Morgan fingerprint density at radius 1 is 1.29 bits per heavy atom. The van der Waals surface area contributed by atoms with Crippen molar-refractivity contribution in [3.05, 3.63) is 29.3 Å². The van der Waals surface area contributed by atoms with Crippen LogP contribution in [0, 0.1) is 6.92 Å². The molecule has 116 valence electrons. The number of sulfonamides is 1. The molecule has 0 bridgehead atoms. The first-order chi connectivity index (χ1) is 9.62. The fourth-order valence-electron chi connectivity index (χ4n) is 1.56. The Hall–Kier alpha value is -2.09. The molecule has 0 fully saturated rings. The van der Waals surface area contributed by atoms with Crippen LogP contribution in [-0.4, -0.2) is 50.1 Å². The van der Waals surface area contributed by atoms with Gasteiger partial charge in [-0.3, -0.25) is 14.3 Å². The van der Waals surface area contributed by atoms with Crippen LogP contribution in [0.1, 0.15) is 22.3 Å². The zero-order chi connectivity index (χ0) is 16.2. The fourth-order valence-corrected chi connectivity index (χ4v) is 2.66. The van der Waals surface area contributed by atoms with E-state index in [0.29, 0.717) is 11.1 Å². The molecule has 0 saturated carbocycles. The van der Waals surface area contributed by atoms with Crippen LogP contribution in [0.3, 0.4) is 0 Å². The first-order valence-corrected chi connectivity index (χ1v) is 7.82. The van der Waals surface area contributed by atoms with Crippen molar-refractivity contribution in [1.82, 2.24) is 4.90 Å². The maximum atomic E-state index is 11.9. The zero-order valence-corrected chi connectivity index (χ0v) is 12.9. The van der Waals surface area contributed by atoms with Crippen molar-refractivity contribution >= 4 is 27.6 Å². The molecule has 1 rings (SSSR count). The third kappa shape index (κ3) is 5.07. The van der Waals surface area contributed by atoms with Crippen LogP contribution < -0.4 is 4.72 Å². The highest BCUT2D eigenvalue weighted by atomic mass is 32.2. The van der Waals surface area contributed by atoms with Gasteiger partial charge in [-0.15, -0.1) is 0 Å². The van der Waals surface area contributed by atoms with Crippen molar-refractivity contribution in [2.45, 2.75) is 13.3 Å². The molecule has 2 N–H and O–H groups in total. The number of rotatable bonds is 6. The molecule has 0 aliphatic carbocycles. The van der Waals surface area contributed by atoms with Gasteiger partial charge in [0.1, 0.15) is 0 Å². The van der Waals surface area contributed by atoms with Gasteiger partial charge in [0.05, 0.1) is 17.9 Å². The summed E-state index contributed by atoms with van der Waals surface area (Å²) in [5.74, 6) is -1.96. The number of nitrogens with one attached hydrogen (secondary N) is 1. The van der Waals surface area contributed by atoms with E-state index >= 15 is 0 Å². The van der Waals surface area contributed by atoms with E-state index < -0.39 is 28.2 Å². The number of anilines is 1. The highest BCUT2D eigenvalue weighted by molar-refractivity contribution is 7.92. The second-order valence-electron chi connectivity index (χ2n) is 4.79. The van der Waals surface area contributed by atoms with E-state index in [1.165, 1.54) is 11.0 Å². The topological polar surface area (TPSA) is 104 Å². The van der Waals surface area contributed by atoms with Gasteiger partial charge < -0.3 is 10.0 Å². The molecule has 0 heterocycles. The summed E-state index contributed by atoms with van der Waals surface area (Å²) in [6.45, 7) is 1.69. The maximum Gasteiger partial charge on any atom is 0.304 e. The summed E-state index contributed by atoms with van der Waals surface area (Å²) in [7, 11) is -0.578. The summed E-state index contributed by atoms with van der Waals surface area (Å²) in [4.78, 5) is 23.7. The summed E-state index contributed by atoms with van der Waals surface area (Å²) in [5.41, 5.74) is 1.26. The van der Waals surface area contributed by atoms with Crippen LogP contribution in [0.25, 0.3) is 0 Å². The first kappa shape index (κ1) is 17.0. The van der Waals surface area contributed by atoms with Gasteiger partial charge >= 0.3 is 5.97 Å². The lowest BCUT2D eigenvalue weighted by atomic mass is 10.1. The molecule has 7 nitrogen and oxygen atoms in total. The molecule has 8 heteroatoms. The average Bonchev–Trinajstić information content (AvgIpc) is 2.38. The molecule has 0 aromatic heterocycles. The van der Waals surface area contributed by atoms with Gasteiger partial charge in [0.2, 0.25) is 10.0 Å². The number of carboxylic acids is 1. The van der Waals surface area contributed by atoms with Crippen molar-refractivity contribution < 1.29 is 23.1 Å². The third-order valence-corrected chi connectivity index (χ3v) is 4.01. The molecule has 1 aromatic rings. The van der Waals surface area contributed by atoms with E-state index in [1.807, 2.05) is 0 Å². The molecule has 0 radical (unpaired) electrons. The second-order valence-corrected chi connectivity index (χ2v) is 6.64. The SMILES string of the molecule is Cc1ccc(C(=O)N(C)C)cc1NS(=O)(=O)CCC(=O)O. The number of carbonyl (C=O) groups excluding carboxylic acids is 1. The Morgan fingerprint density at radius 3 is 2.43 bits per heavy atom. The Kier molecular flexibility index (Phi) is 5.31. The molecule has 21 heavy (non-hydrogen) atoms. The summed E-state index contributed by atoms with van der Waals surface area (Å²) < 4.78 is 25.9. The highest BCUT2D eigenvalue weighted by Crippen LogP contribution is 2.19. The van der Waals surface area contributed by atoms with E-state index in [-0.39, 0.29) is 11.6 Å². The number of benzene rings is 1. The van der Waals surface area contributed by atoms with Gasteiger partial charge in [0, 0.05) is 19.7 Å². The van der Waals surface area contributed by atoms with Crippen LogP contribution in [-0.2, 0) is 14.8 Å². The first-order valence-electron chi connectivity index (χ1n) is 6.17. The third-order valence-electron chi connectivity index (χ3n) is 2.74. The summed E-state index contributed by atoms with van der Waals surface area (Å²) in [6, 6.07) is 4.68. The minimum absolute atomic E-state index is 0.249. The smallest absolute Gasteiger partial charge is 0.304 e. The molecule has 0 atom stereocenters. The van der Waals surface area contributed by atoms with Gasteiger partial charge in [-0.1, -0.05) is 6.07 Å². The number of hydrogen-bond donors (Lipinski definition) is 2. The molecule has 0 unspecified atom stereocenters. The van der Waals surface area contributed by atoms with Gasteiger partial charge in [-0.05, 0) is 24.6 Å². The van der Waals surface area contributed by atoms with E-state index in [4.69, 9.17) is 5.11 Å². The maximum absolute atomic E-state index is 11.9. The Morgan fingerprint density at radius 2 is 1.90 bits per heavy atom. The molecule has 0 spiro atoms. The fraction of sp³-hybridized carbons (Fsp3) is 0.385. The molecule has 0 aliphatic rings. The molecular formula is C13H18N2O5S. The monoisotopic (exact) mass is 314 g/mol. The standard InChI is InChI=1S/C13H18N2O5S/c1-9-4-5-10(13(18)15(2)3)8-11(9)14-21(19,20)7-6-12(16)17/h4-5,8,14H,6-7H2,1-3H3,(H,16,17). The Bertz CT molecular complexity index is 653. The van der Waals surface area contributed by atoms with Crippen molar-refractivity contribution in [2.75, 3.05) is 24.6 Å². The molecule has 0 aliphatic heterocycles. The van der Waals surface area contributed by atoms with Crippen molar-refractivity contribution in [3.8, 4) is 0 Å². The highest BCUT2D eigenvalue weighted by Gasteiger charge is 2.16. The van der Waals surface area contributed by atoms with Crippen LogP contribution in [0.2, 0.25) is 0 Å².